The van der Waals surface area contributed by atoms with Crippen LogP contribution in [-0.2, 0) is 14.8 Å². The molecule has 1 atom stereocenters. The molecule has 9 heteroatoms. The summed E-state index contributed by atoms with van der Waals surface area (Å²) in [5, 5.41) is 3.02. The number of hydrogen-bond donors (Lipinski definition) is 2. The van der Waals surface area contributed by atoms with Crippen molar-refractivity contribution in [3.8, 4) is 5.75 Å². The highest BCUT2D eigenvalue weighted by Gasteiger charge is 2.23. The van der Waals surface area contributed by atoms with Gasteiger partial charge in [-0.25, -0.2) is 8.42 Å². The molecule has 1 aliphatic heterocycles. The van der Waals surface area contributed by atoms with E-state index in [9.17, 15) is 13.2 Å². The molecule has 2 N–H and O–H groups in total. The van der Waals surface area contributed by atoms with Crippen LogP contribution in [-0.4, -0.2) is 64.7 Å². The lowest BCUT2D eigenvalue weighted by atomic mass is 10.0. The molecular weight excluding hydrogens is 454 g/mol. The molecule has 1 amide bonds. The molecular formula is C25H35N3O5S. The van der Waals surface area contributed by atoms with E-state index in [0.29, 0.717) is 49.3 Å². The molecule has 1 fully saturated rings. The van der Waals surface area contributed by atoms with Crippen LogP contribution < -0.4 is 14.8 Å². The van der Waals surface area contributed by atoms with Crippen molar-refractivity contribution in [1.82, 2.24) is 10.2 Å². The van der Waals surface area contributed by atoms with Crippen molar-refractivity contribution >= 4 is 21.6 Å². The topological polar surface area (TPSA) is 97.0 Å². The molecule has 0 aliphatic carbocycles. The minimum absolute atomic E-state index is 0.0870. The second kappa shape index (κ2) is 12.2. The van der Waals surface area contributed by atoms with Gasteiger partial charge in [0, 0.05) is 36.9 Å². The molecule has 0 spiro atoms. The zero-order valence-electron chi connectivity index (χ0n) is 20.1. The minimum Gasteiger partial charge on any atom is -0.494 e. The zero-order chi connectivity index (χ0) is 24.6. The molecule has 3 rings (SSSR count). The van der Waals surface area contributed by atoms with Crippen LogP contribution >= 0.6 is 0 Å². The standard InChI is InChI=1S/C25H35N3O5S/c1-4-33-23-9-7-21(8-10-23)27-34(30,31)24-11-5-20(6-12-24)25(29)26-18-22(17-19(2)3)28-13-15-32-16-14-28/h5-12,19,22,27H,4,13-18H2,1-3H3,(H,26,29). The summed E-state index contributed by atoms with van der Waals surface area (Å²) in [4.78, 5) is 15.2. The van der Waals surface area contributed by atoms with E-state index in [0.717, 1.165) is 19.5 Å². The van der Waals surface area contributed by atoms with Gasteiger partial charge in [-0.15, -0.1) is 0 Å². The second-order valence-corrected chi connectivity index (χ2v) is 10.4. The first-order valence-electron chi connectivity index (χ1n) is 11.7. The Morgan fingerprint density at radius 1 is 1.06 bits per heavy atom. The number of carbonyl (C=O) groups excluding carboxylic acids is 1. The lowest BCUT2D eigenvalue weighted by Gasteiger charge is -2.35. The maximum Gasteiger partial charge on any atom is 0.261 e. The van der Waals surface area contributed by atoms with Crippen molar-refractivity contribution in [3.63, 3.8) is 0 Å². The van der Waals surface area contributed by atoms with Gasteiger partial charge in [-0.3, -0.25) is 14.4 Å². The smallest absolute Gasteiger partial charge is 0.261 e. The number of nitrogens with zero attached hydrogens (tertiary/aromatic N) is 1. The Labute approximate surface area is 202 Å². The Hall–Kier alpha value is -2.62. The molecule has 2 aromatic carbocycles. The number of carbonyl (C=O) groups is 1. The van der Waals surface area contributed by atoms with Gasteiger partial charge in [-0.2, -0.15) is 0 Å². The summed E-state index contributed by atoms with van der Waals surface area (Å²) in [6.07, 6.45) is 0.981. The summed E-state index contributed by atoms with van der Waals surface area (Å²) < 4.78 is 38.8. The number of amides is 1. The quantitative estimate of drug-likeness (QED) is 0.502. The largest absolute Gasteiger partial charge is 0.494 e. The van der Waals surface area contributed by atoms with Crippen molar-refractivity contribution in [1.29, 1.82) is 0 Å². The Bertz CT molecular complexity index is 1020. The van der Waals surface area contributed by atoms with E-state index in [2.05, 4.69) is 28.8 Å². The summed E-state index contributed by atoms with van der Waals surface area (Å²) in [6.45, 7) is 10.5. The number of morpholine rings is 1. The van der Waals surface area contributed by atoms with E-state index >= 15 is 0 Å². The van der Waals surface area contributed by atoms with Gasteiger partial charge in [0.15, 0.2) is 0 Å². The van der Waals surface area contributed by atoms with Gasteiger partial charge in [0.05, 0.1) is 24.7 Å². The third-order valence-corrected chi connectivity index (χ3v) is 7.05. The number of rotatable bonds is 11. The van der Waals surface area contributed by atoms with E-state index in [1.165, 1.54) is 24.3 Å². The molecule has 1 aliphatic rings. The first-order chi connectivity index (χ1) is 16.3. The minimum atomic E-state index is -3.78. The Kier molecular flexibility index (Phi) is 9.32. The number of hydrogen-bond acceptors (Lipinski definition) is 6. The van der Waals surface area contributed by atoms with Gasteiger partial charge in [-0.1, -0.05) is 13.8 Å². The molecule has 1 saturated heterocycles. The van der Waals surface area contributed by atoms with Crippen molar-refractivity contribution in [2.45, 2.75) is 38.1 Å². The molecule has 1 unspecified atom stereocenters. The molecule has 0 saturated carbocycles. The SMILES string of the molecule is CCOc1ccc(NS(=O)(=O)c2ccc(C(=O)NCC(CC(C)C)N3CCOCC3)cc2)cc1. The summed E-state index contributed by atoms with van der Waals surface area (Å²) in [5.74, 6) is 0.965. The van der Waals surface area contributed by atoms with Crippen LogP contribution in [0.5, 0.6) is 5.75 Å². The van der Waals surface area contributed by atoms with Crippen LogP contribution in [0.3, 0.4) is 0 Å². The third-order valence-electron chi connectivity index (χ3n) is 5.65. The number of sulfonamides is 1. The molecule has 0 radical (unpaired) electrons. The van der Waals surface area contributed by atoms with Crippen molar-refractivity contribution < 1.29 is 22.7 Å². The lowest BCUT2D eigenvalue weighted by molar-refractivity contribution is 0.0124. The fourth-order valence-electron chi connectivity index (χ4n) is 3.95. The first-order valence-corrected chi connectivity index (χ1v) is 13.2. The number of benzene rings is 2. The number of anilines is 1. The first kappa shape index (κ1) is 26.0. The Balaban J connectivity index is 1.60. The van der Waals surface area contributed by atoms with Crippen molar-refractivity contribution in [2.75, 3.05) is 44.2 Å². The molecule has 1 heterocycles. The average molecular weight is 490 g/mol. The van der Waals surface area contributed by atoms with Crippen LogP contribution in [0.4, 0.5) is 5.69 Å². The Morgan fingerprint density at radius 3 is 2.29 bits per heavy atom. The van der Waals surface area contributed by atoms with Crippen LogP contribution in [0.25, 0.3) is 0 Å². The van der Waals surface area contributed by atoms with E-state index < -0.39 is 10.0 Å². The zero-order valence-corrected chi connectivity index (χ0v) is 20.9. The van der Waals surface area contributed by atoms with Gasteiger partial charge < -0.3 is 14.8 Å². The highest BCUT2D eigenvalue weighted by atomic mass is 32.2. The van der Waals surface area contributed by atoms with Crippen LogP contribution in [0.2, 0.25) is 0 Å². The molecule has 8 nitrogen and oxygen atoms in total. The average Bonchev–Trinajstić information content (AvgIpc) is 2.83. The Morgan fingerprint density at radius 2 is 1.71 bits per heavy atom. The predicted octanol–water partition coefficient (Wildman–Crippen LogP) is 3.36. The summed E-state index contributed by atoms with van der Waals surface area (Å²) in [7, 11) is -3.78. The summed E-state index contributed by atoms with van der Waals surface area (Å²) in [6, 6.07) is 12.9. The fourth-order valence-corrected chi connectivity index (χ4v) is 5.00. The van der Waals surface area contributed by atoms with Gasteiger partial charge >= 0.3 is 0 Å². The second-order valence-electron chi connectivity index (χ2n) is 8.73. The normalized spacial score (nSPS) is 15.6. The van der Waals surface area contributed by atoms with Crippen molar-refractivity contribution in [2.24, 2.45) is 5.92 Å². The van der Waals surface area contributed by atoms with Crippen LogP contribution in [0, 0.1) is 5.92 Å². The number of nitrogens with one attached hydrogen (secondary N) is 2. The molecule has 186 valence electrons. The van der Waals surface area contributed by atoms with E-state index in [4.69, 9.17) is 9.47 Å². The number of ether oxygens (including phenoxy) is 2. The summed E-state index contributed by atoms with van der Waals surface area (Å²) >= 11 is 0. The van der Waals surface area contributed by atoms with Gasteiger partial charge in [0.2, 0.25) is 0 Å². The van der Waals surface area contributed by atoms with E-state index in [-0.39, 0.29) is 16.8 Å². The molecule has 0 aromatic heterocycles. The summed E-state index contributed by atoms with van der Waals surface area (Å²) in [5.41, 5.74) is 0.856. The fraction of sp³-hybridized carbons (Fsp3) is 0.480. The maximum atomic E-state index is 12.7. The predicted molar refractivity (Wildman–Crippen MR) is 133 cm³/mol. The van der Waals surface area contributed by atoms with Crippen LogP contribution in [0.15, 0.2) is 53.4 Å². The van der Waals surface area contributed by atoms with Crippen LogP contribution in [0.1, 0.15) is 37.6 Å². The highest BCUT2D eigenvalue weighted by molar-refractivity contribution is 7.92. The molecule has 0 bridgehead atoms. The van der Waals surface area contributed by atoms with Gasteiger partial charge in [0.1, 0.15) is 5.75 Å². The molecule has 2 aromatic rings. The van der Waals surface area contributed by atoms with E-state index in [1.807, 2.05) is 6.92 Å². The monoisotopic (exact) mass is 489 g/mol. The molecule has 34 heavy (non-hydrogen) atoms. The maximum absolute atomic E-state index is 12.7. The lowest BCUT2D eigenvalue weighted by Crippen LogP contribution is -2.49. The highest BCUT2D eigenvalue weighted by Crippen LogP contribution is 2.20. The van der Waals surface area contributed by atoms with E-state index in [1.54, 1.807) is 24.3 Å². The van der Waals surface area contributed by atoms with Gasteiger partial charge in [-0.05, 0) is 67.8 Å². The van der Waals surface area contributed by atoms with Gasteiger partial charge in [0.25, 0.3) is 15.9 Å². The van der Waals surface area contributed by atoms with Crippen molar-refractivity contribution in [3.05, 3.63) is 54.1 Å². The third kappa shape index (κ3) is 7.44.